The van der Waals surface area contributed by atoms with Crippen molar-refractivity contribution in [2.24, 2.45) is 11.1 Å². The normalized spacial score (nSPS) is 23.1. The molecule has 0 aromatic heterocycles. The van der Waals surface area contributed by atoms with Crippen molar-refractivity contribution in [1.82, 2.24) is 9.80 Å². The number of hydrogen-bond acceptors (Lipinski definition) is 6. The zero-order chi connectivity index (χ0) is 20.9. The Labute approximate surface area is 181 Å². The van der Waals surface area contributed by atoms with Gasteiger partial charge in [-0.25, -0.2) is 0 Å². The Morgan fingerprint density at radius 3 is 2.53 bits per heavy atom. The summed E-state index contributed by atoms with van der Waals surface area (Å²) in [4.78, 5) is 20.7. The summed E-state index contributed by atoms with van der Waals surface area (Å²) in [5.41, 5.74) is 3.00. The molecule has 30 heavy (non-hydrogen) atoms. The first-order chi connectivity index (χ1) is 14.6. The summed E-state index contributed by atoms with van der Waals surface area (Å²) in [6.07, 6.45) is 3.95. The van der Waals surface area contributed by atoms with Crippen molar-refractivity contribution in [3.63, 3.8) is 0 Å². The van der Waals surface area contributed by atoms with E-state index in [0.717, 1.165) is 80.2 Å². The Kier molecular flexibility index (Phi) is 6.94. The van der Waals surface area contributed by atoms with E-state index < -0.39 is 5.97 Å². The number of carboxylic acids is 1. The molecule has 0 saturated carbocycles. The molecule has 8 heteroatoms. The first-order valence-corrected chi connectivity index (χ1v) is 11.9. The molecule has 0 bridgehead atoms. The number of aliphatic carboxylic acids is 1. The number of thioether (sulfide) groups is 1. The molecular formula is C22H30N4O3S. The third-order valence-electron chi connectivity index (χ3n) is 6.21. The van der Waals surface area contributed by atoms with Crippen molar-refractivity contribution in [2.75, 3.05) is 44.2 Å². The van der Waals surface area contributed by atoms with Crippen molar-refractivity contribution in [3.8, 4) is 0 Å². The summed E-state index contributed by atoms with van der Waals surface area (Å²) < 4.78 is 0. The lowest BCUT2D eigenvalue weighted by Gasteiger charge is -2.31. The van der Waals surface area contributed by atoms with Crippen molar-refractivity contribution in [1.29, 1.82) is 5.41 Å². The molecule has 3 heterocycles. The molecule has 2 N–H and O–H groups in total. The minimum Gasteiger partial charge on any atom is -0.480 e. The van der Waals surface area contributed by atoms with Gasteiger partial charge in [-0.2, -0.15) is 11.8 Å². The van der Waals surface area contributed by atoms with E-state index in [1.165, 1.54) is 0 Å². The third-order valence-corrected chi connectivity index (χ3v) is 7.16. The molecule has 3 aliphatic heterocycles. The van der Waals surface area contributed by atoms with Crippen LogP contribution in [0.15, 0.2) is 29.4 Å². The molecule has 162 valence electrons. The molecule has 1 atom stereocenters. The molecule has 0 amide bonds. The highest BCUT2D eigenvalue weighted by molar-refractivity contribution is 7.99. The Balaban J connectivity index is 1.25. The van der Waals surface area contributed by atoms with Crippen LogP contribution in [0.4, 0.5) is 0 Å². The standard InChI is InChI=1S/C22H30N4O3S/c23-22(26-9-11-30-12-10-26)18-3-1-17(2-4-18)20-14-19(29-24-20)13-16-5-7-25(8-6-16)15-21(27)28/h1-4,16,19,23H,5-15H2,(H,27,28). The molecule has 0 radical (unpaired) electrons. The van der Waals surface area contributed by atoms with Crippen molar-refractivity contribution >= 4 is 29.3 Å². The summed E-state index contributed by atoms with van der Waals surface area (Å²) >= 11 is 1.95. The third kappa shape index (κ3) is 5.35. The molecule has 3 aliphatic rings. The molecule has 1 unspecified atom stereocenters. The second-order valence-corrected chi connectivity index (χ2v) is 9.57. The van der Waals surface area contributed by atoms with E-state index in [1.54, 1.807) is 0 Å². The fourth-order valence-electron chi connectivity index (χ4n) is 4.46. The van der Waals surface area contributed by atoms with Gasteiger partial charge in [0.15, 0.2) is 0 Å². The highest BCUT2D eigenvalue weighted by Gasteiger charge is 2.28. The maximum Gasteiger partial charge on any atom is 0.317 e. The maximum absolute atomic E-state index is 10.8. The van der Waals surface area contributed by atoms with Gasteiger partial charge in [-0.15, -0.1) is 0 Å². The Hall–Kier alpha value is -2.06. The number of likely N-dealkylation sites (tertiary alicyclic amines) is 1. The molecule has 2 saturated heterocycles. The number of rotatable bonds is 6. The van der Waals surface area contributed by atoms with Crippen LogP contribution in [0.3, 0.4) is 0 Å². The number of carbonyl (C=O) groups is 1. The number of oxime groups is 1. The van der Waals surface area contributed by atoms with E-state index in [0.29, 0.717) is 11.8 Å². The number of carboxylic acid groups (broad SMARTS) is 1. The molecule has 0 aliphatic carbocycles. The number of nitrogens with zero attached hydrogens (tertiary/aromatic N) is 3. The van der Waals surface area contributed by atoms with E-state index in [-0.39, 0.29) is 12.6 Å². The van der Waals surface area contributed by atoms with E-state index in [9.17, 15) is 4.79 Å². The summed E-state index contributed by atoms with van der Waals surface area (Å²) in [7, 11) is 0. The number of benzene rings is 1. The van der Waals surface area contributed by atoms with Gasteiger partial charge in [0.05, 0.1) is 12.3 Å². The average molecular weight is 431 g/mol. The van der Waals surface area contributed by atoms with Gasteiger partial charge in [0.1, 0.15) is 11.9 Å². The fourth-order valence-corrected chi connectivity index (χ4v) is 5.36. The zero-order valence-electron chi connectivity index (χ0n) is 17.3. The molecule has 7 nitrogen and oxygen atoms in total. The quantitative estimate of drug-likeness (QED) is 0.533. The fraction of sp³-hybridized carbons (Fsp3) is 0.591. The molecular weight excluding hydrogens is 400 g/mol. The monoisotopic (exact) mass is 430 g/mol. The molecule has 1 aromatic rings. The Morgan fingerprint density at radius 1 is 1.17 bits per heavy atom. The van der Waals surface area contributed by atoms with Crippen LogP contribution >= 0.6 is 11.8 Å². The van der Waals surface area contributed by atoms with Gasteiger partial charge in [0.25, 0.3) is 0 Å². The largest absolute Gasteiger partial charge is 0.480 e. The van der Waals surface area contributed by atoms with Gasteiger partial charge in [-0.1, -0.05) is 29.4 Å². The number of hydrogen-bond donors (Lipinski definition) is 2. The van der Waals surface area contributed by atoms with Crippen molar-refractivity contribution < 1.29 is 14.7 Å². The highest BCUT2D eigenvalue weighted by atomic mass is 32.2. The van der Waals surface area contributed by atoms with Crippen LogP contribution < -0.4 is 0 Å². The lowest BCUT2D eigenvalue weighted by Crippen LogP contribution is -2.38. The van der Waals surface area contributed by atoms with Crippen LogP contribution in [-0.2, 0) is 9.63 Å². The molecule has 0 spiro atoms. The van der Waals surface area contributed by atoms with Crippen molar-refractivity contribution in [3.05, 3.63) is 35.4 Å². The van der Waals surface area contributed by atoms with E-state index >= 15 is 0 Å². The zero-order valence-corrected chi connectivity index (χ0v) is 18.1. The molecule has 4 rings (SSSR count). The van der Waals surface area contributed by atoms with E-state index in [1.807, 2.05) is 28.8 Å². The van der Waals surface area contributed by atoms with Gasteiger partial charge in [0, 0.05) is 36.6 Å². The van der Waals surface area contributed by atoms with Crippen LogP contribution in [0.5, 0.6) is 0 Å². The molecule has 1 aromatic carbocycles. The summed E-state index contributed by atoms with van der Waals surface area (Å²) in [6, 6.07) is 8.15. The Bertz CT molecular complexity index is 784. The first kappa shape index (κ1) is 21.2. The van der Waals surface area contributed by atoms with Crippen molar-refractivity contribution in [2.45, 2.75) is 31.8 Å². The van der Waals surface area contributed by atoms with Gasteiger partial charge < -0.3 is 14.8 Å². The predicted octanol–water partition coefficient (Wildman–Crippen LogP) is 2.74. The van der Waals surface area contributed by atoms with Gasteiger partial charge in [-0.3, -0.25) is 15.1 Å². The molecule has 2 fully saturated rings. The average Bonchev–Trinajstić information content (AvgIpc) is 3.23. The van der Waals surface area contributed by atoms with Gasteiger partial charge >= 0.3 is 5.97 Å². The topological polar surface area (TPSA) is 89.2 Å². The summed E-state index contributed by atoms with van der Waals surface area (Å²) in [5, 5.41) is 21.7. The summed E-state index contributed by atoms with van der Waals surface area (Å²) in [6.45, 7) is 3.73. The predicted molar refractivity (Wildman–Crippen MR) is 120 cm³/mol. The minimum atomic E-state index is -0.748. The van der Waals surface area contributed by atoms with Crippen LogP contribution in [0.2, 0.25) is 0 Å². The first-order valence-electron chi connectivity index (χ1n) is 10.8. The Morgan fingerprint density at radius 2 is 1.87 bits per heavy atom. The SMILES string of the molecule is N=C(c1ccc(C2=NOC(CC3CCN(CC(=O)O)CC3)C2)cc1)N1CCSCC1. The van der Waals surface area contributed by atoms with Crippen LogP contribution in [0, 0.1) is 11.3 Å². The van der Waals surface area contributed by atoms with Crippen LogP contribution in [0.25, 0.3) is 0 Å². The van der Waals surface area contributed by atoms with Crippen LogP contribution in [0.1, 0.15) is 36.8 Å². The maximum atomic E-state index is 10.8. The second kappa shape index (κ2) is 9.83. The number of amidine groups is 1. The smallest absolute Gasteiger partial charge is 0.317 e. The number of piperidine rings is 1. The number of nitrogens with one attached hydrogen (secondary N) is 1. The lowest BCUT2D eigenvalue weighted by molar-refractivity contribution is -0.138. The highest BCUT2D eigenvalue weighted by Crippen LogP contribution is 2.28. The van der Waals surface area contributed by atoms with Crippen LogP contribution in [-0.4, -0.2) is 82.8 Å². The lowest BCUT2D eigenvalue weighted by atomic mass is 9.89. The second-order valence-electron chi connectivity index (χ2n) is 8.34. The van der Waals surface area contributed by atoms with Gasteiger partial charge in [0.2, 0.25) is 0 Å². The summed E-state index contributed by atoms with van der Waals surface area (Å²) in [5.74, 6) is 2.61. The minimum absolute atomic E-state index is 0.111. The van der Waals surface area contributed by atoms with E-state index in [4.69, 9.17) is 15.4 Å². The van der Waals surface area contributed by atoms with E-state index in [2.05, 4.69) is 22.2 Å². The van der Waals surface area contributed by atoms with Gasteiger partial charge in [-0.05, 0) is 43.8 Å².